The van der Waals surface area contributed by atoms with E-state index in [1.54, 1.807) is 0 Å². The van der Waals surface area contributed by atoms with Gasteiger partial charge in [-0.05, 0) is 65.5 Å². The summed E-state index contributed by atoms with van der Waals surface area (Å²) in [6, 6.07) is 9.82. The van der Waals surface area contributed by atoms with Crippen molar-refractivity contribution in [2.75, 3.05) is 19.6 Å². The van der Waals surface area contributed by atoms with Gasteiger partial charge in [-0.25, -0.2) is 0 Å². The molecule has 0 saturated carbocycles. The maximum atomic E-state index is 12.8. The molecule has 3 heterocycles. The summed E-state index contributed by atoms with van der Waals surface area (Å²) in [5.74, 6) is -0.123. The van der Waals surface area contributed by atoms with Gasteiger partial charge in [0.05, 0.1) is 11.7 Å². The van der Waals surface area contributed by atoms with Gasteiger partial charge in [-0.3, -0.25) is 9.69 Å². The Kier molecular flexibility index (Phi) is 5.47. The van der Waals surface area contributed by atoms with Gasteiger partial charge < -0.3 is 5.32 Å². The normalized spacial score (nSPS) is 15.7. The molecule has 1 aliphatic rings. The molecule has 9 heteroatoms. The van der Waals surface area contributed by atoms with E-state index in [2.05, 4.69) is 31.8 Å². The van der Waals surface area contributed by atoms with Crippen molar-refractivity contribution in [3.05, 3.63) is 57.5 Å². The molecule has 4 rings (SSSR count). The van der Waals surface area contributed by atoms with Gasteiger partial charge in [0, 0.05) is 11.6 Å². The third-order valence-corrected chi connectivity index (χ3v) is 5.85. The molecule has 1 unspecified atom stereocenters. The number of amides is 1. The summed E-state index contributed by atoms with van der Waals surface area (Å²) in [6.07, 6.45) is 3.84. The van der Waals surface area contributed by atoms with Gasteiger partial charge in [0.1, 0.15) is 11.2 Å². The Labute approximate surface area is 165 Å². The predicted octanol–water partition coefficient (Wildman–Crippen LogP) is 2.94. The molecule has 0 radical (unpaired) electrons. The Morgan fingerprint density at radius 3 is 2.89 bits per heavy atom. The van der Waals surface area contributed by atoms with E-state index in [-0.39, 0.29) is 11.9 Å². The van der Waals surface area contributed by atoms with E-state index in [1.165, 1.54) is 35.2 Å². The van der Waals surface area contributed by atoms with Crippen LogP contribution in [0.5, 0.6) is 0 Å². The quantitative estimate of drug-likeness (QED) is 0.686. The third kappa shape index (κ3) is 4.02. The molecule has 27 heavy (non-hydrogen) atoms. The van der Waals surface area contributed by atoms with Crippen molar-refractivity contribution in [3.8, 4) is 5.69 Å². The Bertz CT molecular complexity index is 906. The van der Waals surface area contributed by atoms with Crippen LogP contribution in [0.4, 0.5) is 0 Å². The molecule has 0 spiro atoms. The first-order valence-electron chi connectivity index (χ1n) is 8.81. The Balaban J connectivity index is 1.51. The highest BCUT2D eigenvalue weighted by Crippen LogP contribution is 2.27. The van der Waals surface area contributed by atoms with Gasteiger partial charge in [-0.2, -0.15) is 4.68 Å². The number of likely N-dealkylation sites (tertiary alicyclic amines) is 1. The maximum Gasteiger partial charge on any atom is 0.263 e. The van der Waals surface area contributed by atoms with Crippen LogP contribution in [-0.4, -0.2) is 50.6 Å². The molecule has 1 amide bonds. The first-order chi connectivity index (χ1) is 13.2. The van der Waals surface area contributed by atoms with Crippen molar-refractivity contribution in [2.24, 2.45) is 0 Å². The highest BCUT2D eigenvalue weighted by molar-refractivity contribution is 7.12. The van der Waals surface area contributed by atoms with Crippen LogP contribution in [0, 0.1) is 0 Å². The number of benzene rings is 1. The van der Waals surface area contributed by atoms with Crippen molar-refractivity contribution in [3.63, 3.8) is 0 Å². The highest BCUT2D eigenvalue weighted by Gasteiger charge is 2.25. The van der Waals surface area contributed by atoms with Crippen molar-refractivity contribution < 1.29 is 4.79 Å². The molecule has 1 saturated heterocycles. The molecule has 0 aliphatic carbocycles. The highest BCUT2D eigenvalue weighted by atomic mass is 35.5. The molecule has 1 fully saturated rings. The summed E-state index contributed by atoms with van der Waals surface area (Å²) in [5, 5.41) is 16.8. The molecule has 1 aliphatic heterocycles. The second-order valence-corrected chi connectivity index (χ2v) is 7.77. The Morgan fingerprint density at radius 2 is 2.15 bits per heavy atom. The number of hydrogen-bond donors (Lipinski definition) is 1. The summed E-state index contributed by atoms with van der Waals surface area (Å²) in [5.41, 5.74) is 1.81. The fraction of sp³-hybridized carbons (Fsp3) is 0.333. The van der Waals surface area contributed by atoms with Crippen LogP contribution in [0.3, 0.4) is 0 Å². The molecule has 1 N–H and O–H groups in total. The number of halogens is 1. The second-order valence-electron chi connectivity index (χ2n) is 6.41. The number of hydrogen-bond acceptors (Lipinski definition) is 6. The Hall–Kier alpha value is -2.29. The van der Waals surface area contributed by atoms with Crippen molar-refractivity contribution >= 4 is 28.8 Å². The first kappa shape index (κ1) is 18.1. The lowest BCUT2D eigenvalue weighted by Crippen LogP contribution is -2.36. The van der Waals surface area contributed by atoms with Crippen LogP contribution in [0.1, 0.15) is 34.1 Å². The van der Waals surface area contributed by atoms with E-state index in [1.807, 2.05) is 29.6 Å². The average Bonchev–Trinajstić information content (AvgIpc) is 3.42. The number of tetrazole rings is 1. The maximum absolute atomic E-state index is 12.8. The fourth-order valence-electron chi connectivity index (χ4n) is 3.42. The van der Waals surface area contributed by atoms with Gasteiger partial charge in [-0.15, -0.1) is 16.4 Å². The monoisotopic (exact) mass is 402 g/mol. The molecular formula is C18H19ClN6OS. The third-order valence-electron chi connectivity index (χ3n) is 4.72. The molecule has 2 aromatic heterocycles. The molecule has 7 nitrogen and oxygen atoms in total. The van der Waals surface area contributed by atoms with Crippen LogP contribution >= 0.6 is 22.9 Å². The molecule has 1 aromatic carbocycles. The number of carbonyl (C=O) groups excluding carboxylic acids is 1. The predicted molar refractivity (Wildman–Crippen MR) is 104 cm³/mol. The van der Waals surface area contributed by atoms with Gasteiger partial charge in [0.25, 0.3) is 5.91 Å². The lowest BCUT2D eigenvalue weighted by molar-refractivity contribution is 0.0942. The van der Waals surface area contributed by atoms with Crippen LogP contribution in [0.2, 0.25) is 5.02 Å². The van der Waals surface area contributed by atoms with E-state index in [9.17, 15) is 4.79 Å². The van der Waals surface area contributed by atoms with Crippen LogP contribution in [0.15, 0.2) is 42.0 Å². The standard InChI is InChI=1S/C18H19ClN6OS/c19-14-5-3-4-13(10-14)16(24-7-1-2-8-24)11-20-18(26)17-15(6-9-27-17)25-12-21-22-23-25/h3-6,9-10,12,16H,1-2,7-8,11H2,(H,20,26). The number of aromatic nitrogens is 4. The van der Waals surface area contributed by atoms with Crippen molar-refractivity contribution in [1.29, 1.82) is 0 Å². The van der Waals surface area contributed by atoms with Gasteiger partial charge in [0.15, 0.2) is 0 Å². The number of nitrogens with zero attached hydrogens (tertiary/aromatic N) is 5. The lowest BCUT2D eigenvalue weighted by Gasteiger charge is -2.28. The number of rotatable bonds is 6. The van der Waals surface area contributed by atoms with Gasteiger partial charge >= 0.3 is 0 Å². The number of thiophene rings is 1. The van der Waals surface area contributed by atoms with E-state index >= 15 is 0 Å². The topological polar surface area (TPSA) is 75.9 Å². The van der Waals surface area contributed by atoms with E-state index in [0.717, 1.165) is 18.7 Å². The molecule has 1 atom stereocenters. The van der Waals surface area contributed by atoms with Crippen LogP contribution in [0.25, 0.3) is 5.69 Å². The van der Waals surface area contributed by atoms with Crippen LogP contribution < -0.4 is 5.32 Å². The molecule has 3 aromatic rings. The van der Waals surface area contributed by atoms with Crippen molar-refractivity contribution in [2.45, 2.75) is 18.9 Å². The Morgan fingerprint density at radius 1 is 1.30 bits per heavy atom. The average molecular weight is 403 g/mol. The second kappa shape index (κ2) is 8.16. The summed E-state index contributed by atoms with van der Waals surface area (Å²) >= 11 is 7.57. The first-order valence-corrected chi connectivity index (χ1v) is 10.1. The van der Waals surface area contributed by atoms with E-state index in [4.69, 9.17) is 11.6 Å². The minimum atomic E-state index is -0.123. The number of nitrogens with one attached hydrogen (secondary N) is 1. The van der Waals surface area contributed by atoms with Gasteiger partial charge in [-0.1, -0.05) is 23.7 Å². The minimum absolute atomic E-state index is 0.103. The van der Waals surface area contributed by atoms with E-state index < -0.39 is 0 Å². The fourth-order valence-corrected chi connectivity index (χ4v) is 4.41. The summed E-state index contributed by atoms with van der Waals surface area (Å²) in [6.45, 7) is 2.58. The summed E-state index contributed by atoms with van der Waals surface area (Å²) < 4.78 is 1.50. The molecule has 140 valence electrons. The minimum Gasteiger partial charge on any atom is -0.349 e. The zero-order valence-electron chi connectivity index (χ0n) is 14.6. The SMILES string of the molecule is O=C(NCC(c1cccc(Cl)c1)N1CCCC1)c1sccc1-n1cnnn1. The van der Waals surface area contributed by atoms with Crippen molar-refractivity contribution in [1.82, 2.24) is 30.4 Å². The zero-order chi connectivity index (χ0) is 18.6. The number of carbonyl (C=O) groups is 1. The lowest BCUT2D eigenvalue weighted by atomic mass is 10.1. The summed E-state index contributed by atoms with van der Waals surface area (Å²) in [4.78, 5) is 15.8. The zero-order valence-corrected chi connectivity index (χ0v) is 16.2. The van der Waals surface area contributed by atoms with E-state index in [0.29, 0.717) is 22.1 Å². The largest absolute Gasteiger partial charge is 0.349 e. The summed E-state index contributed by atoms with van der Waals surface area (Å²) in [7, 11) is 0. The molecule has 0 bridgehead atoms. The van der Waals surface area contributed by atoms with Gasteiger partial charge in [0.2, 0.25) is 0 Å². The molecular weight excluding hydrogens is 384 g/mol. The van der Waals surface area contributed by atoms with Crippen LogP contribution in [-0.2, 0) is 0 Å². The smallest absolute Gasteiger partial charge is 0.263 e.